The summed E-state index contributed by atoms with van der Waals surface area (Å²) in [6, 6.07) is 3.93. The Kier molecular flexibility index (Phi) is 5.24. The SMILES string of the molecule is CN1C(=O)C(=NC(=O)OC(C)(C)C)COc2ccc(OC(F)F)cc21. The lowest BCUT2D eigenvalue weighted by Gasteiger charge is -2.18. The smallest absolute Gasteiger partial charge is 0.434 e. The van der Waals surface area contributed by atoms with Crippen molar-refractivity contribution in [3.63, 3.8) is 0 Å². The number of alkyl halides is 2. The van der Waals surface area contributed by atoms with Crippen LogP contribution in [0.5, 0.6) is 11.5 Å². The molecule has 1 aliphatic heterocycles. The Hall–Kier alpha value is -2.71. The number of aliphatic imine (C=N–C) groups is 1. The van der Waals surface area contributed by atoms with E-state index in [1.165, 1.54) is 25.2 Å². The molecule has 0 radical (unpaired) electrons. The number of hydrogen-bond donors (Lipinski definition) is 0. The van der Waals surface area contributed by atoms with Crippen molar-refractivity contribution in [2.24, 2.45) is 4.99 Å². The van der Waals surface area contributed by atoms with Crippen LogP contribution in [-0.4, -0.2) is 43.6 Å². The highest BCUT2D eigenvalue weighted by molar-refractivity contribution is 6.45. The second-order valence-electron chi connectivity index (χ2n) is 6.20. The molecule has 1 aliphatic rings. The molecule has 0 spiro atoms. The normalized spacial score (nSPS) is 16.4. The van der Waals surface area contributed by atoms with Crippen molar-refractivity contribution in [2.75, 3.05) is 18.6 Å². The van der Waals surface area contributed by atoms with Crippen molar-refractivity contribution in [1.29, 1.82) is 0 Å². The molecule has 0 saturated carbocycles. The number of hydrogen-bond acceptors (Lipinski definition) is 5. The second kappa shape index (κ2) is 7.04. The number of benzene rings is 1. The van der Waals surface area contributed by atoms with Gasteiger partial charge in [-0.3, -0.25) is 4.79 Å². The molecule has 1 aromatic rings. The molecule has 0 unspecified atom stereocenters. The average Bonchev–Trinajstić information content (AvgIpc) is 2.57. The first kappa shape index (κ1) is 18.6. The molecule has 0 N–H and O–H groups in total. The second-order valence-corrected chi connectivity index (χ2v) is 6.20. The average molecular weight is 356 g/mol. The molecule has 0 saturated heterocycles. The molecule has 0 atom stereocenters. The highest BCUT2D eigenvalue weighted by Crippen LogP contribution is 2.34. The first-order valence-electron chi connectivity index (χ1n) is 7.37. The summed E-state index contributed by atoms with van der Waals surface area (Å²) in [5.74, 6) is -0.463. The molecule has 136 valence electrons. The molecular weight excluding hydrogens is 338 g/mol. The summed E-state index contributed by atoms with van der Waals surface area (Å²) >= 11 is 0. The molecule has 2 rings (SSSR count). The zero-order chi connectivity index (χ0) is 18.8. The van der Waals surface area contributed by atoms with Crippen LogP contribution >= 0.6 is 0 Å². The molecular formula is C16H18F2N2O5. The van der Waals surface area contributed by atoms with E-state index in [9.17, 15) is 18.4 Å². The van der Waals surface area contributed by atoms with Crippen molar-refractivity contribution in [1.82, 2.24) is 0 Å². The molecule has 25 heavy (non-hydrogen) atoms. The topological polar surface area (TPSA) is 77.4 Å². The number of carbonyl (C=O) groups is 2. The van der Waals surface area contributed by atoms with E-state index in [1.54, 1.807) is 20.8 Å². The Morgan fingerprint density at radius 1 is 1.36 bits per heavy atom. The van der Waals surface area contributed by atoms with Gasteiger partial charge in [0.1, 0.15) is 23.7 Å². The van der Waals surface area contributed by atoms with E-state index in [0.717, 1.165) is 4.90 Å². The predicted molar refractivity (Wildman–Crippen MR) is 85.6 cm³/mol. The van der Waals surface area contributed by atoms with E-state index in [2.05, 4.69) is 9.73 Å². The lowest BCUT2D eigenvalue weighted by Crippen LogP contribution is -2.35. The first-order valence-corrected chi connectivity index (χ1v) is 7.37. The van der Waals surface area contributed by atoms with Gasteiger partial charge >= 0.3 is 12.7 Å². The van der Waals surface area contributed by atoms with E-state index < -0.39 is 24.2 Å². The standard InChI is InChI=1S/C16H18F2N2O5/c1-16(2,3)25-15(22)19-10-8-23-12-6-5-9(24-14(17)18)7-11(12)20(4)13(10)21/h5-7,14H,8H2,1-4H3. The fourth-order valence-electron chi connectivity index (χ4n) is 2.04. The van der Waals surface area contributed by atoms with Gasteiger partial charge < -0.3 is 19.1 Å². The maximum absolute atomic E-state index is 12.5. The lowest BCUT2D eigenvalue weighted by atomic mass is 10.2. The fourth-order valence-corrected chi connectivity index (χ4v) is 2.04. The molecule has 0 fully saturated rings. The Labute approximate surface area is 143 Å². The van der Waals surface area contributed by atoms with E-state index in [4.69, 9.17) is 9.47 Å². The zero-order valence-electron chi connectivity index (χ0n) is 14.2. The number of ether oxygens (including phenoxy) is 3. The van der Waals surface area contributed by atoms with Crippen LogP contribution in [0.15, 0.2) is 23.2 Å². The minimum absolute atomic E-state index is 0.121. The number of amides is 2. The molecule has 0 bridgehead atoms. The van der Waals surface area contributed by atoms with Crippen molar-refractivity contribution >= 4 is 23.4 Å². The summed E-state index contributed by atoms with van der Waals surface area (Å²) < 4.78 is 39.5. The third-order valence-corrected chi connectivity index (χ3v) is 3.05. The predicted octanol–water partition coefficient (Wildman–Crippen LogP) is 3.02. The zero-order valence-corrected chi connectivity index (χ0v) is 14.2. The van der Waals surface area contributed by atoms with Gasteiger partial charge in [-0.25, -0.2) is 4.79 Å². The van der Waals surface area contributed by atoms with E-state index >= 15 is 0 Å². The number of anilines is 1. The summed E-state index contributed by atoms with van der Waals surface area (Å²) in [6.07, 6.45) is -0.916. The highest BCUT2D eigenvalue weighted by Gasteiger charge is 2.28. The maximum Gasteiger partial charge on any atom is 0.434 e. The number of fused-ring (bicyclic) bond motifs is 1. The summed E-state index contributed by atoms with van der Waals surface area (Å²) in [7, 11) is 1.41. The third-order valence-electron chi connectivity index (χ3n) is 3.05. The van der Waals surface area contributed by atoms with Crippen LogP contribution < -0.4 is 14.4 Å². The van der Waals surface area contributed by atoms with Gasteiger partial charge in [0, 0.05) is 13.1 Å². The van der Waals surface area contributed by atoms with Gasteiger partial charge in [-0.05, 0) is 32.9 Å². The van der Waals surface area contributed by atoms with Crippen LogP contribution in [0.25, 0.3) is 0 Å². The summed E-state index contributed by atoms with van der Waals surface area (Å²) in [4.78, 5) is 29.1. The number of carbonyl (C=O) groups excluding carboxylic acids is 2. The van der Waals surface area contributed by atoms with Gasteiger partial charge in [-0.1, -0.05) is 0 Å². The molecule has 7 nitrogen and oxygen atoms in total. The summed E-state index contributed by atoms with van der Waals surface area (Å²) in [6.45, 7) is 1.76. The monoisotopic (exact) mass is 356 g/mol. The van der Waals surface area contributed by atoms with Crippen LogP contribution in [0, 0.1) is 0 Å². The van der Waals surface area contributed by atoms with Crippen LogP contribution in [0.3, 0.4) is 0 Å². The number of nitrogens with zero attached hydrogens (tertiary/aromatic N) is 2. The van der Waals surface area contributed by atoms with Crippen molar-refractivity contribution in [3.8, 4) is 11.5 Å². The van der Waals surface area contributed by atoms with Crippen molar-refractivity contribution in [2.45, 2.75) is 33.0 Å². The molecule has 0 aliphatic carbocycles. The quantitative estimate of drug-likeness (QED) is 0.814. The van der Waals surface area contributed by atoms with Crippen LogP contribution in [0.1, 0.15) is 20.8 Å². The molecule has 1 heterocycles. The van der Waals surface area contributed by atoms with Gasteiger partial charge in [-0.15, -0.1) is 0 Å². The molecule has 9 heteroatoms. The van der Waals surface area contributed by atoms with Crippen LogP contribution in [0.4, 0.5) is 19.3 Å². The summed E-state index contributed by atoms with van der Waals surface area (Å²) in [5, 5.41) is 0. The maximum atomic E-state index is 12.5. The van der Waals surface area contributed by atoms with Gasteiger partial charge in [0.25, 0.3) is 5.91 Å². The Morgan fingerprint density at radius 3 is 2.64 bits per heavy atom. The van der Waals surface area contributed by atoms with Gasteiger partial charge in [0.05, 0.1) is 5.69 Å². The lowest BCUT2D eigenvalue weighted by molar-refractivity contribution is -0.112. The van der Waals surface area contributed by atoms with Crippen molar-refractivity contribution in [3.05, 3.63) is 18.2 Å². The first-order chi connectivity index (χ1) is 11.6. The molecule has 2 amide bonds. The Bertz CT molecular complexity index is 713. The molecule has 0 aromatic heterocycles. The van der Waals surface area contributed by atoms with Crippen LogP contribution in [0.2, 0.25) is 0 Å². The third kappa shape index (κ3) is 4.88. The Balaban J connectivity index is 2.27. The molecule has 1 aromatic carbocycles. The van der Waals surface area contributed by atoms with E-state index in [0.29, 0.717) is 0 Å². The van der Waals surface area contributed by atoms with Crippen molar-refractivity contribution < 1.29 is 32.6 Å². The van der Waals surface area contributed by atoms with E-state index in [1.807, 2.05) is 0 Å². The van der Waals surface area contributed by atoms with Gasteiger partial charge in [0.15, 0.2) is 5.71 Å². The summed E-state index contributed by atoms with van der Waals surface area (Å²) in [5.41, 5.74) is -0.701. The fraction of sp³-hybridized carbons (Fsp3) is 0.438. The minimum atomic E-state index is -2.99. The largest absolute Gasteiger partial charge is 0.485 e. The van der Waals surface area contributed by atoms with Gasteiger partial charge in [-0.2, -0.15) is 13.8 Å². The van der Waals surface area contributed by atoms with Gasteiger partial charge in [0.2, 0.25) is 0 Å². The van der Waals surface area contributed by atoms with Crippen LogP contribution in [-0.2, 0) is 9.53 Å². The van der Waals surface area contributed by atoms with E-state index in [-0.39, 0.29) is 29.5 Å². The highest BCUT2D eigenvalue weighted by atomic mass is 19.3. The number of rotatable bonds is 2. The minimum Gasteiger partial charge on any atom is -0.485 e. The number of halogens is 2. The Morgan fingerprint density at radius 2 is 2.04 bits per heavy atom.